The van der Waals surface area contributed by atoms with Gasteiger partial charge in [-0.15, -0.1) is 0 Å². The van der Waals surface area contributed by atoms with Crippen molar-refractivity contribution in [1.82, 2.24) is 20.9 Å². The number of carbonyl (C=O) groups is 4. The van der Waals surface area contributed by atoms with E-state index < -0.39 is 52.2 Å². The predicted octanol–water partition coefficient (Wildman–Crippen LogP) is 7.35. The molecule has 65 heavy (non-hydrogen) atoms. The van der Waals surface area contributed by atoms with Crippen molar-refractivity contribution in [3.05, 3.63) is 118 Å². The molecule has 344 valence electrons. The van der Waals surface area contributed by atoms with Crippen molar-refractivity contribution >= 4 is 46.8 Å². The molecule has 2 fully saturated rings. The summed E-state index contributed by atoms with van der Waals surface area (Å²) in [7, 11) is 0. The number of amides is 4. The number of ether oxygens (including phenoxy) is 3. The molecule has 0 spiro atoms. The zero-order valence-corrected chi connectivity index (χ0v) is 39.3. The van der Waals surface area contributed by atoms with Gasteiger partial charge in [-0.2, -0.15) is 5.26 Å². The number of benzene rings is 4. The van der Waals surface area contributed by atoms with Crippen LogP contribution < -0.4 is 25.4 Å². The third-order valence-electron chi connectivity index (χ3n) is 12.2. The molecule has 1 saturated carbocycles. The summed E-state index contributed by atoms with van der Waals surface area (Å²) in [4.78, 5) is 54.9. The Balaban J connectivity index is 0.937. The fraction of sp³-hybridized carbons (Fsp3) is 0.420. The van der Waals surface area contributed by atoms with E-state index in [9.17, 15) is 29.5 Å². The molecule has 4 N–H and O–H groups in total. The summed E-state index contributed by atoms with van der Waals surface area (Å²) in [6.45, 7) is 13.8. The van der Waals surface area contributed by atoms with Crippen LogP contribution in [0.1, 0.15) is 76.4 Å². The molecule has 0 radical (unpaired) electrons. The van der Waals surface area contributed by atoms with Crippen molar-refractivity contribution in [3.63, 3.8) is 0 Å². The lowest BCUT2D eigenvalue weighted by Gasteiger charge is -2.63. The number of aliphatic hydroxyl groups is 1. The number of hydrogen-bond donors (Lipinski definition) is 4. The van der Waals surface area contributed by atoms with Crippen LogP contribution in [0.5, 0.6) is 11.5 Å². The number of nitrogens with one attached hydrogen (secondary N) is 3. The molecule has 1 saturated heterocycles. The molecule has 15 heteroatoms. The monoisotopic (exact) mass is 925 g/mol. The average Bonchev–Trinajstić information content (AvgIpc) is 3.67. The van der Waals surface area contributed by atoms with Crippen LogP contribution in [0.15, 0.2) is 91.0 Å². The van der Waals surface area contributed by atoms with E-state index in [1.54, 1.807) is 54.6 Å². The summed E-state index contributed by atoms with van der Waals surface area (Å²) in [5, 5.41) is 29.4. The van der Waals surface area contributed by atoms with Crippen LogP contribution in [0.4, 0.5) is 0 Å². The van der Waals surface area contributed by atoms with Crippen LogP contribution in [-0.2, 0) is 25.7 Å². The SMILES string of the molecule is CC(C)(C)C(NC(=O)COCCOc1ccc(-c2ccc(C(=O)NC3C(C)(C)C(Oc4ccc(C#N)c(Cl)c4)C3(C)C)cc2)cc1)C(=O)N1C[C@H](O)C[C@H]1C(=O)NCc1ccc(Cl)cc1. The molecular formula is C50H57Cl2N5O8. The first-order valence-corrected chi connectivity index (χ1v) is 22.3. The van der Waals surface area contributed by atoms with E-state index in [2.05, 4.69) is 49.7 Å². The number of β-amino-alcohol motifs (C(OH)–C–C–N with tert-alkyl or cyclic N) is 1. The number of carbonyl (C=O) groups excluding carboxylic acids is 4. The first-order chi connectivity index (χ1) is 30.7. The van der Waals surface area contributed by atoms with Crippen molar-refractivity contribution in [2.24, 2.45) is 16.2 Å². The Bertz CT molecular complexity index is 2380. The maximum absolute atomic E-state index is 13.9. The van der Waals surface area contributed by atoms with Crippen LogP contribution in [-0.4, -0.2) is 90.3 Å². The molecule has 1 aliphatic heterocycles. The summed E-state index contributed by atoms with van der Waals surface area (Å²) < 4.78 is 17.8. The van der Waals surface area contributed by atoms with Gasteiger partial charge in [0, 0.05) is 53.0 Å². The Kier molecular flexibility index (Phi) is 15.2. The van der Waals surface area contributed by atoms with Gasteiger partial charge in [-0.05, 0) is 70.6 Å². The van der Waals surface area contributed by atoms with E-state index in [4.69, 9.17) is 37.4 Å². The molecule has 1 heterocycles. The standard InChI is InChI=1S/C50H57Cl2N5O8/c1-48(2,3)42(45(62)57-28-36(58)24-40(57)44(61)54-27-30-8-17-35(51)18-9-30)55-41(59)29-63-22-23-64-37-19-14-32(15-20-37)31-10-12-33(13-11-31)43(60)56-46-49(4,5)47(50(46,6)7)65-38-21-16-34(26-53)39(52)25-38/h8-21,25,36,40,42,46-47,58H,22-24,27-29H2,1-7H3,(H,54,61)(H,55,59)(H,56,60)/t36-,40+,42?,46?,47?/m1/s1. The number of halogens is 2. The van der Waals surface area contributed by atoms with Gasteiger partial charge in [-0.1, -0.05) is 108 Å². The van der Waals surface area contributed by atoms with Gasteiger partial charge in [0.2, 0.25) is 17.7 Å². The summed E-state index contributed by atoms with van der Waals surface area (Å²) >= 11 is 12.2. The Morgan fingerprint density at radius 1 is 0.877 bits per heavy atom. The molecule has 3 atom stereocenters. The van der Waals surface area contributed by atoms with Crippen molar-refractivity contribution in [2.45, 2.75) is 91.8 Å². The van der Waals surface area contributed by atoms with E-state index >= 15 is 0 Å². The van der Waals surface area contributed by atoms with Crippen LogP contribution >= 0.6 is 23.2 Å². The quantitative estimate of drug-likeness (QED) is 0.0837. The Hall–Kier alpha value is -5.65. The van der Waals surface area contributed by atoms with E-state index in [0.717, 1.165) is 16.7 Å². The highest BCUT2D eigenvalue weighted by atomic mass is 35.5. The van der Waals surface area contributed by atoms with Gasteiger partial charge in [0.1, 0.15) is 49.0 Å². The van der Waals surface area contributed by atoms with Gasteiger partial charge >= 0.3 is 0 Å². The Labute approximate surface area is 390 Å². The summed E-state index contributed by atoms with van der Waals surface area (Å²) in [5.74, 6) is -0.373. The highest BCUT2D eigenvalue weighted by molar-refractivity contribution is 6.31. The van der Waals surface area contributed by atoms with Crippen LogP contribution in [0.25, 0.3) is 11.1 Å². The molecule has 1 aliphatic carbocycles. The van der Waals surface area contributed by atoms with Gasteiger partial charge in [0.25, 0.3) is 5.91 Å². The zero-order chi connectivity index (χ0) is 47.3. The molecule has 6 rings (SSSR count). The van der Waals surface area contributed by atoms with E-state index in [0.29, 0.717) is 32.7 Å². The molecule has 13 nitrogen and oxygen atoms in total. The highest BCUT2D eigenvalue weighted by Gasteiger charge is 2.64. The van der Waals surface area contributed by atoms with Gasteiger partial charge in [0.15, 0.2) is 0 Å². The maximum Gasteiger partial charge on any atom is 0.251 e. The largest absolute Gasteiger partial charge is 0.491 e. The molecular weight excluding hydrogens is 869 g/mol. The fourth-order valence-electron chi connectivity index (χ4n) is 8.98. The second-order valence-electron chi connectivity index (χ2n) is 18.9. The topological polar surface area (TPSA) is 179 Å². The molecule has 4 aromatic rings. The summed E-state index contributed by atoms with van der Waals surface area (Å²) in [5.41, 5.74) is 2.09. The lowest BCUT2D eigenvalue weighted by molar-refractivity contribution is -0.164. The third kappa shape index (κ3) is 11.6. The van der Waals surface area contributed by atoms with Gasteiger partial charge in [0.05, 0.1) is 23.3 Å². The van der Waals surface area contributed by atoms with Crippen LogP contribution in [0, 0.1) is 27.6 Å². The van der Waals surface area contributed by atoms with Crippen LogP contribution in [0.2, 0.25) is 10.0 Å². The van der Waals surface area contributed by atoms with E-state index in [1.165, 1.54) is 4.90 Å². The molecule has 0 bridgehead atoms. The predicted molar refractivity (Wildman–Crippen MR) is 248 cm³/mol. The summed E-state index contributed by atoms with van der Waals surface area (Å²) in [6, 6.07) is 26.9. The van der Waals surface area contributed by atoms with Gasteiger partial charge < -0.3 is 40.2 Å². The fourth-order valence-corrected chi connectivity index (χ4v) is 9.32. The van der Waals surface area contributed by atoms with Crippen LogP contribution in [0.3, 0.4) is 0 Å². The smallest absolute Gasteiger partial charge is 0.251 e. The minimum absolute atomic E-state index is 0.0304. The van der Waals surface area contributed by atoms with E-state index in [1.807, 2.05) is 57.2 Å². The third-order valence-corrected chi connectivity index (χ3v) is 12.7. The van der Waals surface area contributed by atoms with Gasteiger partial charge in [-0.25, -0.2) is 0 Å². The molecule has 4 aromatic carbocycles. The average molecular weight is 927 g/mol. The van der Waals surface area contributed by atoms with Crippen molar-refractivity contribution in [1.29, 1.82) is 5.26 Å². The second-order valence-corrected chi connectivity index (χ2v) is 19.8. The van der Waals surface area contributed by atoms with Crippen molar-refractivity contribution in [2.75, 3.05) is 26.4 Å². The number of nitriles is 1. The Morgan fingerprint density at radius 2 is 1.49 bits per heavy atom. The normalized spacial score (nSPS) is 20.1. The number of nitrogens with zero attached hydrogens (tertiary/aromatic N) is 2. The molecule has 0 aromatic heterocycles. The number of rotatable bonds is 16. The van der Waals surface area contributed by atoms with E-state index in [-0.39, 0.29) is 57.4 Å². The lowest BCUT2D eigenvalue weighted by Crippen LogP contribution is -2.74. The van der Waals surface area contributed by atoms with Crippen molar-refractivity contribution < 1.29 is 38.5 Å². The molecule has 4 amide bonds. The van der Waals surface area contributed by atoms with Gasteiger partial charge in [-0.3, -0.25) is 19.2 Å². The highest BCUT2D eigenvalue weighted by Crippen LogP contribution is 2.55. The lowest BCUT2D eigenvalue weighted by atomic mass is 9.49. The minimum Gasteiger partial charge on any atom is -0.491 e. The second kappa shape index (κ2) is 20.3. The first-order valence-electron chi connectivity index (χ1n) is 21.6. The van der Waals surface area contributed by atoms with Crippen molar-refractivity contribution in [3.8, 4) is 28.7 Å². The number of likely N-dealkylation sites (tertiary alicyclic amines) is 1. The maximum atomic E-state index is 13.9. The zero-order valence-electron chi connectivity index (χ0n) is 37.7. The first kappa shape index (κ1) is 48.8. The Morgan fingerprint density at radius 3 is 2.09 bits per heavy atom. The number of aliphatic hydroxyl groups excluding tert-OH is 1. The molecule has 1 unspecified atom stereocenters. The summed E-state index contributed by atoms with van der Waals surface area (Å²) in [6.07, 6.45) is -1.01. The molecule has 2 aliphatic rings. The number of hydrogen-bond acceptors (Lipinski definition) is 9. The minimum atomic E-state index is -0.983.